The van der Waals surface area contributed by atoms with Crippen LogP contribution in [0.2, 0.25) is 0 Å². The van der Waals surface area contributed by atoms with Crippen LogP contribution in [0.5, 0.6) is 5.88 Å². The van der Waals surface area contributed by atoms with Gasteiger partial charge in [-0.2, -0.15) is 0 Å². The molecule has 88 valence electrons. The molecule has 0 aromatic carbocycles. The second kappa shape index (κ2) is 4.71. The number of aryl methyl sites for hydroxylation is 1. The van der Waals surface area contributed by atoms with Gasteiger partial charge in [-0.15, -0.1) is 10.2 Å². The zero-order chi connectivity index (χ0) is 12.3. The Morgan fingerprint density at radius 2 is 2.06 bits per heavy atom. The summed E-state index contributed by atoms with van der Waals surface area (Å²) in [5, 5.41) is 7.82. The lowest BCUT2D eigenvalue weighted by Crippen LogP contribution is -2.10. The van der Waals surface area contributed by atoms with Gasteiger partial charge >= 0.3 is 0 Å². The molecule has 0 fully saturated rings. The highest BCUT2D eigenvalue weighted by Gasteiger charge is 2.06. The van der Waals surface area contributed by atoms with Gasteiger partial charge in [-0.3, -0.25) is 0 Å². The van der Waals surface area contributed by atoms with Gasteiger partial charge in [-0.05, 0) is 13.0 Å². The van der Waals surface area contributed by atoms with E-state index in [0.717, 1.165) is 5.69 Å². The van der Waals surface area contributed by atoms with E-state index < -0.39 is 0 Å². The zero-order valence-corrected chi connectivity index (χ0v) is 9.51. The van der Waals surface area contributed by atoms with E-state index in [2.05, 4.69) is 25.6 Å². The number of nitrogens with two attached hydrogens (primary N) is 1. The number of hydrogen-bond acceptors (Lipinski definition) is 7. The van der Waals surface area contributed by atoms with Gasteiger partial charge < -0.3 is 10.2 Å². The molecule has 0 atom stereocenters. The molecular weight excluding hydrogens is 220 g/mol. The number of nitrogen functional groups attached to an aromatic ring is 1. The summed E-state index contributed by atoms with van der Waals surface area (Å²) in [5.41, 5.74) is 3.83. The summed E-state index contributed by atoms with van der Waals surface area (Å²) < 4.78 is 4.93. The standard InChI is InChI=1S/C10H12N6O/c1-6-5-8(14-11)13-10(12-6)7-3-4-9(17-2)16-15-7/h3-5H,11H2,1-2H3,(H,12,13,14). The predicted molar refractivity (Wildman–Crippen MR) is 62.2 cm³/mol. The van der Waals surface area contributed by atoms with Crippen molar-refractivity contribution < 1.29 is 4.74 Å². The third-order valence-corrected chi connectivity index (χ3v) is 2.08. The lowest BCUT2D eigenvalue weighted by Gasteiger charge is -2.04. The third kappa shape index (κ3) is 2.45. The number of hydrogen-bond donors (Lipinski definition) is 2. The summed E-state index contributed by atoms with van der Waals surface area (Å²) >= 11 is 0. The minimum atomic E-state index is 0.443. The average Bonchev–Trinajstić information content (AvgIpc) is 2.38. The Balaban J connectivity index is 2.41. The van der Waals surface area contributed by atoms with Crippen molar-refractivity contribution in [2.24, 2.45) is 5.84 Å². The first-order valence-corrected chi connectivity index (χ1v) is 4.93. The number of nitrogens with zero attached hydrogens (tertiary/aromatic N) is 4. The molecule has 0 aliphatic rings. The van der Waals surface area contributed by atoms with Gasteiger partial charge in [-0.1, -0.05) is 0 Å². The van der Waals surface area contributed by atoms with Gasteiger partial charge in [0, 0.05) is 17.8 Å². The Labute approximate surface area is 98.0 Å². The maximum absolute atomic E-state index is 5.32. The van der Waals surface area contributed by atoms with Gasteiger partial charge in [0.05, 0.1) is 7.11 Å². The smallest absolute Gasteiger partial charge is 0.233 e. The highest BCUT2D eigenvalue weighted by Crippen LogP contribution is 2.16. The molecule has 0 unspecified atom stereocenters. The van der Waals surface area contributed by atoms with E-state index in [9.17, 15) is 0 Å². The second-order valence-electron chi connectivity index (χ2n) is 3.32. The van der Waals surface area contributed by atoms with Crippen LogP contribution in [0.4, 0.5) is 5.82 Å². The maximum Gasteiger partial charge on any atom is 0.233 e. The van der Waals surface area contributed by atoms with Crippen molar-refractivity contribution in [3.8, 4) is 17.4 Å². The molecule has 2 rings (SSSR count). The fourth-order valence-electron chi connectivity index (χ4n) is 1.31. The van der Waals surface area contributed by atoms with Crippen LogP contribution in [-0.4, -0.2) is 27.3 Å². The van der Waals surface area contributed by atoms with Crippen LogP contribution in [0.3, 0.4) is 0 Å². The molecule has 3 N–H and O–H groups in total. The third-order valence-electron chi connectivity index (χ3n) is 2.08. The molecule has 0 spiro atoms. The lowest BCUT2D eigenvalue weighted by molar-refractivity contribution is 0.392. The van der Waals surface area contributed by atoms with E-state index in [0.29, 0.717) is 23.2 Å². The largest absolute Gasteiger partial charge is 0.480 e. The van der Waals surface area contributed by atoms with Crippen molar-refractivity contribution in [3.63, 3.8) is 0 Å². The first-order valence-electron chi connectivity index (χ1n) is 4.93. The van der Waals surface area contributed by atoms with Crippen LogP contribution in [0.25, 0.3) is 11.5 Å². The van der Waals surface area contributed by atoms with E-state index in [1.165, 1.54) is 7.11 Å². The number of hydrazine groups is 1. The number of aromatic nitrogens is 4. The normalized spacial score (nSPS) is 10.1. The minimum Gasteiger partial charge on any atom is -0.480 e. The molecule has 0 bridgehead atoms. The van der Waals surface area contributed by atoms with Crippen molar-refractivity contribution in [1.29, 1.82) is 0 Å². The number of rotatable bonds is 3. The molecule has 2 aromatic rings. The molecule has 7 heteroatoms. The molecule has 0 aliphatic carbocycles. The fourth-order valence-corrected chi connectivity index (χ4v) is 1.31. The van der Waals surface area contributed by atoms with Gasteiger partial charge in [0.2, 0.25) is 5.88 Å². The van der Waals surface area contributed by atoms with Crippen LogP contribution < -0.4 is 16.0 Å². The van der Waals surface area contributed by atoms with Crippen LogP contribution in [0.1, 0.15) is 5.69 Å². The minimum absolute atomic E-state index is 0.443. The predicted octanol–water partition coefficient (Wildman–Crippen LogP) is 0.536. The Morgan fingerprint density at radius 1 is 1.24 bits per heavy atom. The average molecular weight is 232 g/mol. The van der Waals surface area contributed by atoms with Gasteiger partial charge in [0.25, 0.3) is 0 Å². The molecule has 7 nitrogen and oxygen atoms in total. The molecule has 0 saturated carbocycles. The summed E-state index contributed by atoms with van der Waals surface area (Å²) in [6.45, 7) is 1.85. The summed E-state index contributed by atoms with van der Waals surface area (Å²) in [7, 11) is 1.53. The molecule has 2 aromatic heterocycles. The first-order chi connectivity index (χ1) is 8.22. The van der Waals surface area contributed by atoms with Crippen LogP contribution in [0.15, 0.2) is 18.2 Å². The van der Waals surface area contributed by atoms with E-state index in [-0.39, 0.29) is 0 Å². The van der Waals surface area contributed by atoms with Crippen molar-refractivity contribution in [1.82, 2.24) is 20.2 Å². The van der Waals surface area contributed by atoms with Crippen molar-refractivity contribution in [3.05, 3.63) is 23.9 Å². The maximum atomic E-state index is 5.32. The molecule has 2 heterocycles. The first kappa shape index (κ1) is 11.2. The fraction of sp³-hybridized carbons (Fsp3) is 0.200. The highest BCUT2D eigenvalue weighted by molar-refractivity contribution is 5.52. The molecule has 0 aliphatic heterocycles. The lowest BCUT2D eigenvalue weighted by atomic mass is 10.3. The van der Waals surface area contributed by atoms with Gasteiger partial charge in [-0.25, -0.2) is 15.8 Å². The summed E-state index contributed by atoms with van der Waals surface area (Å²) in [4.78, 5) is 8.44. The summed E-state index contributed by atoms with van der Waals surface area (Å²) in [6, 6.07) is 5.17. The van der Waals surface area contributed by atoms with E-state index in [1.807, 2.05) is 6.92 Å². The van der Waals surface area contributed by atoms with Crippen LogP contribution in [0, 0.1) is 6.92 Å². The highest BCUT2D eigenvalue weighted by atomic mass is 16.5. The monoisotopic (exact) mass is 232 g/mol. The Morgan fingerprint density at radius 3 is 2.65 bits per heavy atom. The molecule has 0 saturated heterocycles. The summed E-state index contributed by atoms with van der Waals surface area (Å²) in [6.07, 6.45) is 0. The van der Waals surface area contributed by atoms with E-state index in [4.69, 9.17) is 10.6 Å². The molecule has 17 heavy (non-hydrogen) atoms. The van der Waals surface area contributed by atoms with Crippen LogP contribution >= 0.6 is 0 Å². The molecule has 0 radical (unpaired) electrons. The van der Waals surface area contributed by atoms with Gasteiger partial charge in [0.15, 0.2) is 5.82 Å². The van der Waals surface area contributed by atoms with Crippen LogP contribution in [-0.2, 0) is 0 Å². The number of ether oxygens (including phenoxy) is 1. The van der Waals surface area contributed by atoms with Crippen molar-refractivity contribution in [2.75, 3.05) is 12.5 Å². The quantitative estimate of drug-likeness (QED) is 0.588. The second-order valence-corrected chi connectivity index (χ2v) is 3.32. The van der Waals surface area contributed by atoms with Crippen molar-refractivity contribution in [2.45, 2.75) is 6.92 Å². The number of methoxy groups -OCH3 is 1. The molecule has 0 amide bonds. The van der Waals surface area contributed by atoms with Gasteiger partial charge in [0.1, 0.15) is 11.5 Å². The van der Waals surface area contributed by atoms with E-state index >= 15 is 0 Å². The Kier molecular flexibility index (Phi) is 3.10. The topological polar surface area (TPSA) is 98.8 Å². The van der Waals surface area contributed by atoms with Crippen molar-refractivity contribution >= 4 is 5.82 Å². The SMILES string of the molecule is COc1ccc(-c2nc(C)cc(NN)n2)nn1. The summed E-state index contributed by atoms with van der Waals surface area (Å²) in [5.74, 6) is 6.76. The Hall–Kier alpha value is -2.28. The Bertz CT molecular complexity index is 513. The zero-order valence-electron chi connectivity index (χ0n) is 9.51. The number of anilines is 1. The molecular formula is C10H12N6O. The number of nitrogens with one attached hydrogen (secondary N) is 1. The van der Waals surface area contributed by atoms with E-state index in [1.54, 1.807) is 18.2 Å².